The van der Waals surface area contributed by atoms with Crippen LogP contribution in [0.25, 0.3) is 0 Å². The van der Waals surface area contributed by atoms with E-state index in [-0.39, 0.29) is 31.6 Å². The fourth-order valence-corrected chi connectivity index (χ4v) is 3.98. The predicted molar refractivity (Wildman–Crippen MR) is 78.6 cm³/mol. The van der Waals surface area contributed by atoms with E-state index in [1.807, 2.05) is 0 Å². The SMILES string of the molecule is O=C(O)C1CCN(S(=O)(=O)Nc2ccc(F)cc2Br)CC1. The standard InChI is InChI=1S/C12H14BrFN2O4S/c13-10-7-9(14)1-2-11(10)15-21(19,20)16-5-3-8(4-6-16)12(17)18/h1-2,7-8,15H,3-6H2,(H,17,18). The van der Waals surface area contributed by atoms with Crippen LogP contribution in [-0.4, -0.2) is 36.9 Å². The highest BCUT2D eigenvalue weighted by Gasteiger charge is 2.31. The molecule has 1 saturated heterocycles. The summed E-state index contributed by atoms with van der Waals surface area (Å²) in [5.74, 6) is -1.89. The van der Waals surface area contributed by atoms with Crippen LogP contribution < -0.4 is 4.72 Å². The molecule has 0 bridgehead atoms. The second-order valence-electron chi connectivity index (χ2n) is 4.74. The lowest BCUT2D eigenvalue weighted by Gasteiger charge is -2.29. The van der Waals surface area contributed by atoms with E-state index in [2.05, 4.69) is 20.7 Å². The van der Waals surface area contributed by atoms with Gasteiger partial charge in [-0.05, 0) is 47.0 Å². The van der Waals surface area contributed by atoms with Crippen LogP contribution >= 0.6 is 15.9 Å². The van der Waals surface area contributed by atoms with Crippen molar-refractivity contribution in [2.45, 2.75) is 12.8 Å². The summed E-state index contributed by atoms with van der Waals surface area (Å²) in [4.78, 5) is 10.9. The van der Waals surface area contributed by atoms with Gasteiger partial charge in [-0.2, -0.15) is 12.7 Å². The molecule has 0 aromatic heterocycles. The predicted octanol–water partition coefficient (Wildman–Crippen LogP) is 2.04. The molecule has 0 radical (unpaired) electrons. The first-order chi connectivity index (χ1) is 9.79. The fraction of sp³-hybridized carbons (Fsp3) is 0.417. The summed E-state index contributed by atoms with van der Waals surface area (Å²) in [7, 11) is -3.78. The summed E-state index contributed by atoms with van der Waals surface area (Å²) in [6.45, 7) is 0.288. The molecule has 0 atom stereocenters. The lowest BCUT2D eigenvalue weighted by molar-refractivity contribution is -0.142. The molecule has 1 aliphatic heterocycles. The molecule has 2 rings (SSSR count). The van der Waals surface area contributed by atoms with Gasteiger partial charge in [0.15, 0.2) is 0 Å². The van der Waals surface area contributed by atoms with Gasteiger partial charge in [0, 0.05) is 17.6 Å². The zero-order valence-corrected chi connectivity index (χ0v) is 13.3. The molecule has 0 spiro atoms. The Kier molecular flexibility index (Phi) is 4.84. The van der Waals surface area contributed by atoms with Gasteiger partial charge in [-0.3, -0.25) is 9.52 Å². The summed E-state index contributed by atoms with van der Waals surface area (Å²) in [6, 6.07) is 3.63. The number of piperidine rings is 1. The molecule has 0 aliphatic carbocycles. The van der Waals surface area contributed by atoms with Crippen LogP contribution in [0.5, 0.6) is 0 Å². The maximum absolute atomic E-state index is 13.0. The maximum atomic E-state index is 13.0. The van der Waals surface area contributed by atoms with Crippen molar-refractivity contribution in [1.29, 1.82) is 0 Å². The Morgan fingerprint density at radius 2 is 2.00 bits per heavy atom. The third-order valence-corrected chi connectivity index (χ3v) is 5.49. The number of carboxylic acids is 1. The monoisotopic (exact) mass is 380 g/mol. The van der Waals surface area contributed by atoms with Crippen molar-refractivity contribution in [2.75, 3.05) is 17.8 Å². The van der Waals surface area contributed by atoms with Gasteiger partial charge >= 0.3 is 16.2 Å². The normalized spacial score (nSPS) is 17.6. The van der Waals surface area contributed by atoms with Gasteiger partial charge in [0.1, 0.15) is 5.82 Å². The van der Waals surface area contributed by atoms with Crippen molar-refractivity contribution < 1.29 is 22.7 Å². The molecular formula is C12H14BrFN2O4S. The third-order valence-electron chi connectivity index (χ3n) is 3.31. The van der Waals surface area contributed by atoms with Crippen molar-refractivity contribution in [2.24, 2.45) is 5.92 Å². The highest BCUT2D eigenvalue weighted by molar-refractivity contribution is 9.10. The van der Waals surface area contributed by atoms with Gasteiger partial charge in [0.25, 0.3) is 0 Å². The molecule has 21 heavy (non-hydrogen) atoms. The lowest BCUT2D eigenvalue weighted by Crippen LogP contribution is -2.43. The van der Waals surface area contributed by atoms with E-state index in [9.17, 15) is 17.6 Å². The highest BCUT2D eigenvalue weighted by Crippen LogP contribution is 2.26. The van der Waals surface area contributed by atoms with Gasteiger partial charge in [0.05, 0.1) is 11.6 Å². The Labute approximate surface area is 130 Å². The van der Waals surface area contributed by atoms with E-state index in [1.165, 1.54) is 10.4 Å². The van der Waals surface area contributed by atoms with Gasteiger partial charge in [-0.1, -0.05) is 0 Å². The van der Waals surface area contributed by atoms with Crippen LogP contribution in [0.2, 0.25) is 0 Å². The van der Waals surface area contributed by atoms with Gasteiger partial charge in [0.2, 0.25) is 0 Å². The smallest absolute Gasteiger partial charge is 0.306 e. The number of carbonyl (C=O) groups is 1. The largest absolute Gasteiger partial charge is 0.481 e. The molecule has 1 aromatic rings. The Hall–Kier alpha value is -1.19. The van der Waals surface area contributed by atoms with Gasteiger partial charge in [-0.25, -0.2) is 4.39 Å². The Bertz CT molecular complexity index is 645. The second-order valence-corrected chi connectivity index (χ2v) is 7.27. The highest BCUT2D eigenvalue weighted by atomic mass is 79.9. The zero-order chi connectivity index (χ0) is 15.6. The van der Waals surface area contributed by atoms with Crippen LogP contribution in [0, 0.1) is 11.7 Å². The summed E-state index contributed by atoms with van der Waals surface area (Å²) in [6.07, 6.45) is 0.557. The van der Waals surface area contributed by atoms with E-state index in [1.54, 1.807) is 0 Å². The summed E-state index contributed by atoms with van der Waals surface area (Å²) in [5, 5.41) is 8.90. The molecule has 116 valence electrons. The number of nitrogens with one attached hydrogen (secondary N) is 1. The van der Waals surface area contributed by atoms with Crippen LogP contribution in [0.3, 0.4) is 0 Å². The molecule has 1 fully saturated rings. The maximum Gasteiger partial charge on any atom is 0.306 e. The van der Waals surface area contributed by atoms with Crippen LogP contribution in [0.4, 0.5) is 10.1 Å². The number of hydrogen-bond donors (Lipinski definition) is 2. The first-order valence-corrected chi connectivity index (χ1v) is 8.48. The quantitative estimate of drug-likeness (QED) is 0.836. The fourth-order valence-electron chi connectivity index (χ4n) is 2.12. The lowest BCUT2D eigenvalue weighted by atomic mass is 9.99. The van der Waals surface area contributed by atoms with Crippen molar-refractivity contribution in [3.8, 4) is 0 Å². The average molecular weight is 381 g/mol. The Morgan fingerprint density at radius 3 is 2.52 bits per heavy atom. The number of halogens is 2. The van der Waals surface area contributed by atoms with E-state index in [0.717, 1.165) is 12.1 Å². The Balaban J connectivity index is 2.07. The third kappa shape index (κ3) is 3.92. The minimum Gasteiger partial charge on any atom is -0.481 e. The van der Waals surface area contributed by atoms with E-state index < -0.39 is 27.9 Å². The number of nitrogens with zero attached hydrogens (tertiary/aromatic N) is 1. The molecule has 2 N–H and O–H groups in total. The minimum absolute atomic E-state index is 0.144. The number of benzene rings is 1. The molecule has 0 amide bonds. The number of rotatable bonds is 4. The van der Waals surface area contributed by atoms with E-state index in [0.29, 0.717) is 4.47 Å². The molecule has 9 heteroatoms. The zero-order valence-electron chi connectivity index (χ0n) is 10.9. The van der Waals surface area contributed by atoms with Crippen LogP contribution in [-0.2, 0) is 15.0 Å². The summed E-state index contributed by atoms with van der Waals surface area (Å²) < 4.78 is 41.3. The van der Waals surface area contributed by atoms with E-state index in [4.69, 9.17) is 5.11 Å². The van der Waals surface area contributed by atoms with Crippen molar-refractivity contribution in [3.63, 3.8) is 0 Å². The first-order valence-electron chi connectivity index (χ1n) is 6.25. The van der Waals surface area contributed by atoms with Crippen LogP contribution in [0.15, 0.2) is 22.7 Å². The summed E-state index contributed by atoms with van der Waals surface area (Å²) in [5.41, 5.74) is 0.233. The van der Waals surface area contributed by atoms with Gasteiger partial charge < -0.3 is 5.11 Å². The van der Waals surface area contributed by atoms with Crippen molar-refractivity contribution in [3.05, 3.63) is 28.5 Å². The van der Waals surface area contributed by atoms with Crippen molar-refractivity contribution in [1.82, 2.24) is 4.31 Å². The molecule has 6 nitrogen and oxygen atoms in total. The van der Waals surface area contributed by atoms with E-state index >= 15 is 0 Å². The Morgan fingerprint density at radius 1 is 1.38 bits per heavy atom. The van der Waals surface area contributed by atoms with Crippen LogP contribution in [0.1, 0.15) is 12.8 Å². The topological polar surface area (TPSA) is 86.7 Å². The number of anilines is 1. The molecular weight excluding hydrogens is 367 g/mol. The number of hydrogen-bond acceptors (Lipinski definition) is 3. The van der Waals surface area contributed by atoms with Gasteiger partial charge in [-0.15, -0.1) is 0 Å². The molecule has 1 heterocycles. The first kappa shape index (κ1) is 16.2. The minimum atomic E-state index is -3.78. The number of aliphatic carboxylic acids is 1. The number of carboxylic acid groups (broad SMARTS) is 1. The molecule has 0 unspecified atom stereocenters. The second kappa shape index (κ2) is 6.29. The molecule has 1 aliphatic rings. The summed E-state index contributed by atoms with van der Waals surface area (Å²) >= 11 is 3.09. The molecule has 0 saturated carbocycles. The average Bonchev–Trinajstić information content (AvgIpc) is 2.42. The molecule has 1 aromatic carbocycles. The van der Waals surface area contributed by atoms with Crippen molar-refractivity contribution >= 4 is 37.8 Å².